The molecule has 1 aliphatic rings. The summed E-state index contributed by atoms with van der Waals surface area (Å²) in [7, 11) is 0. The van der Waals surface area contributed by atoms with Gasteiger partial charge in [0.15, 0.2) is 0 Å². The molecule has 1 aromatic carbocycles. The molecule has 3 N–H and O–H groups in total. The highest BCUT2D eigenvalue weighted by Crippen LogP contribution is 2.19. The summed E-state index contributed by atoms with van der Waals surface area (Å²) in [6.45, 7) is 0.904. The summed E-state index contributed by atoms with van der Waals surface area (Å²) < 4.78 is 0. The zero-order valence-corrected chi connectivity index (χ0v) is 10.3. The summed E-state index contributed by atoms with van der Waals surface area (Å²) in [6, 6.07) is 7.31. The van der Waals surface area contributed by atoms with E-state index >= 15 is 0 Å². The van der Waals surface area contributed by atoms with Crippen LogP contribution in [0, 0.1) is 0 Å². The van der Waals surface area contributed by atoms with E-state index in [-0.39, 0.29) is 11.9 Å². The van der Waals surface area contributed by atoms with Crippen LogP contribution in [-0.4, -0.2) is 39.1 Å². The first-order valence-corrected chi connectivity index (χ1v) is 6.21. The Labute approximate surface area is 109 Å². The number of tetrazole rings is 1. The minimum absolute atomic E-state index is 0.00256. The van der Waals surface area contributed by atoms with Crippen molar-refractivity contribution in [2.45, 2.75) is 18.9 Å². The van der Waals surface area contributed by atoms with Crippen molar-refractivity contribution in [1.82, 2.24) is 25.9 Å². The first kappa shape index (κ1) is 11.8. The Morgan fingerprint density at radius 2 is 2.37 bits per heavy atom. The molecule has 7 nitrogen and oxygen atoms in total. The van der Waals surface area contributed by atoms with Crippen molar-refractivity contribution in [2.75, 3.05) is 11.9 Å². The molecule has 1 aromatic heterocycles. The molecule has 1 saturated heterocycles. The van der Waals surface area contributed by atoms with Crippen LogP contribution in [-0.2, 0) is 4.79 Å². The van der Waals surface area contributed by atoms with E-state index in [4.69, 9.17) is 0 Å². The van der Waals surface area contributed by atoms with E-state index in [1.165, 1.54) is 0 Å². The molecule has 2 aromatic rings. The quantitative estimate of drug-likeness (QED) is 0.747. The molecular formula is C12H14N6O. The fourth-order valence-corrected chi connectivity index (χ4v) is 2.16. The molecule has 0 aliphatic carbocycles. The molecular weight excluding hydrogens is 244 g/mol. The summed E-state index contributed by atoms with van der Waals surface area (Å²) in [5.41, 5.74) is 1.55. The molecule has 0 saturated carbocycles. The molecule has 0 spiro atoms. The third-order valence-corrected chi connectivity index (χ3v) is 3.11. The number of aromatic amines is 1. The zero-order valence-electron chi connectivity index (χ0n) is 10.3. The van der Waals surface area contributed by atoms with E-state index < -0.39 is 0 Å². The van der Waals surface area contributed by atoms with Gasteiger partial charge in [0.2, 0.25) is 11.7 Å². The van der Waals surface area contributed by atoms with Crippen molar-refractivity contribution < 1.29 is 4.79 Å². The summed E-state index contributed by atoms with van der Waals surface area (Å²) in [4.78, 5) is 12.0. The number of rotatable bonds is 3. The Hall–Kier alpha value is -2.28. The molecule has 3 rings (SSSR count). The Morgan fingerprint density at radius 1 is 1.42 bits per heavy atom. The molecule has 0 bridgehead atoms. The van der Waals surface area contributed by atoms with Gasteiger partial charge in [-0.3, -0.25) is 4.79 Å². The summed E-state index contributed by atoms with van der Waals surface area (Å²) in [5, 5.41) is 19.8. The van der Waals surface area contributed by atoms with Crippen LogP contribution >= 0.6 is 0 Å². The zero-order chi connectivity index (χ0) is 13.1. The van der Waals surface area contributed by atoms with Crippen LogP contribution in [0.4, 0.5) is 5.69 Å². The van der Waals surface area contributed by atoms with Crippen LogP contribution in [0.2, 0.25) is 0 Å². The molecule has 1 fully saturated rings. The minimum atomic E-state index is -0.0890. The summed E-state index contributed by atoms with van der Waals surface area (Å²) in [5.74, 6) is 0.512. The lowest BCUT2D eigenvalue weighted by Crippen LogP contribution is -2.35. The minimum Gasteiger partial charge on any atom is -0.325 e. The Kier molecular flexibility index (Phi) is 3.20. The maximum Gasteiger partial charge on any atom is 0.241 e. The van der Waals surface area contributed by atoms with Gasteiger partial charge >= 0.3 is 0 Å². The van der Waals surface area contributed by atoms with E-state index in [1.807, 2.05) is 24.3 Å². The van der Waals surface area contributed by atoms with Crippen LogP contribution < -0.4 is 10.6 Å². The molecule has 1 amide bonds. The molecule has 98 valence electrons. The van der Waals surface area contributed by atoms with Gasteiger partial charge in [-0.1, -0.05) is 12.1 Å². The fourth-order valence-electron chi connectivity index (χ4n) is 2.16. The lowest BCUT2D eigenvalue weighted by Gasteiger charge is -2.11. The monoisotopic (exact) mass is 258 g/mol. The second-order valence-corrected chi connectivity index (χ2v) is 4.45. The highest BCUT2D eigenvalue weighted by atomic mass is 16.2. The van der Waals surface area contributed by atoms with Gasteiger partial charge in [-0.05, 0) is 36.7 Å². The Balaban J connectivity index is 1.74. The maximum atomic E-state index is 12.0. The van der Waals surface area contributed by atoms with Gasteiger partial charge in [-0.2, -0.15) is 5.21 Å². The van der Waals surface area contributed by atoms with Crippen molar-refractivity contribution in [3.63, 3.8) is 0 Å². The Morgan fingerprint density at radius 3 is 3.11 bits per heavy atom. The van der Waals surface area contributed by atoms with Crippen LogP contribution in [0.5, 0.6) is 0 Å². The lowest BCUT2D eigenvalue weighted by molar-refractivity contribution is -0.117. The molecule has 1 atom stereocenters. The van der Waals surface area contributed by atoms with E-state index in [9.17, 15) is 4.79 Å². The van der Waals surface area contributed by atoms with Crippen molar-refractivity contribution >= 4 is 11.6 Å². The highest BCUT2D eigenvalue weighted by molar-refractivity contribution is 5.95. The number of hydrogen-bond donors (Lipinski definition) is 3. The van der Waals surface area contributed by atoms with E-state index in [1.54, 1.807) is 0 Å². The summed E-state index contributed by atoms with van der Waals surface area (Å²) in [6.07, 6.45) is 1.93. The summed E-state index contributed by atoms with van der Waals surface area (Å²) >= 11 is 0. The fraction of sp³-hybridized carbons (Fsp3) is 0.333. The van der Waals surface area contributed by atoms with Gasteiger partial charge in [0, 0.05) is 11.3 Å². The lowest BCUT2D eigenvalue weighted by atomic mass is 10.1. The van der Waals surface area contributed by atoms with Gasteiger partial charge in [-0.25, -0.2) is 0 Å². The molecule has 0 unspecified atom stereocenters. The molecule has 7 heteroatoms. The van der Waals surface area contributed by atoms with E-state index in [2.05, 4.69) is 31.3 Å². The third-order valence-electron chi connectivity index (χ3n) is 3.11. The number of anilines is 1. The van der Waals surface area contributed by atoms with Crippen LogP contribution in [0.15, 0.2) is 24.3 Å². The van der Waals surface area contributed by atoms with Gasteiger partial charge in [0.05, 0.1) is 6.04 Å². The average Bonchev–Trinajstić information content (AvgIpc) is 3.13. The topological polar surface area (TPSA) is 95.6 Å². The smallest absolute Gasteiger partial charge is 0.241 e. The normalized spacial score (nSPS) is 18.4. The molecule has 19 heavy (non-hydrogen) atoms. The van der Waals surface area contributed by atoms with E-state index in [0.29, 0.717) is 5.82 Å². The first-order chi connectivity index (χ1) is 9.33. The largest absolute Gasteiger partial charge is 0.325 e. The molecule has 2 heterocycles. The predicted molar refractivity (Wildman–Crippen MR) is 69.3 cm³/mol. The van der Waals surface area contributed by atoms with Gasteiger partial charge < -0.3 is 10.6 Å². The van der Waals surface area contributed by atoms with Gasteiger partial charge in [0.25, 0.3) is 0 Å². The van der Waals surface area contributed by atoms with Crippen molar-refractivity contribution in [3.05, 3.63) is 24.3 Å². The van der Waals surface area contributed by atoms with Crippen LogP contribution in [0.3, 0.4) is 0 Å². The average molecular weight is 258 g/mol. The maximum absolute atomic E-state index is 12.0. The number of nitrogens with one attached hydrogen (secondary N) is 3. The van der Waals surface area contributed by atoms with Gasteiger partial charge in [-0.15, -0.1) is 10.2 Å². The second kappa shape index (κ2) is 5.15. The number of benzene rings is 1. The van der Waals surface area contributed by atoms with Gasteiger partial charge in [0.1, 0.15) is 0 Å². The standard InChI is InChI=1S/C12H14N6O/c19-12(10-5-2-6-13-10)14-9-4-1-3-8(7-9)11-15-17-18-16-11/h1,3-4,7,10,13H,2,5-6H2,(H,14,19)(H,15,16,17,18)/t10-/m0/s1. The van der Waals surface area contributed by atoms with Crippen LogP contribution in [0.1, 0.15) is 12.8 Å². The van der Waals surface area contributed by atoms with Crippen LogP contribution in [0.25, 0.3) is 11.4 Å². The number of amides is 1. The number of hydrogen-bond acceptors (Lipinski definition) is 5. The molecule has 0 radical (unpaired) electrons. The molecule has 1 aliphatic heterocycles. The number of H-pyrrole nitrogens is 1. The highest BCUT2D eigenvalue weighted by Gasteiger charge is 2.21. The van der Waals surface area contributed by atoms with Crippen molar-refractivity contribution in [1.29, 1.82) is 0 Å². The SMILES string of the molecule is O=C(Nc1cccc(-c2nn[nH]n2)c1)[C@@H]1CCCN1. The third kappa shape index (κ3) is 2.60. The van der Waals surface area contributed by atoms with E-state index in [0.717, 1.165) is 30.6 Å². The first-order valence-electron chi connectivity index (χ1n) is 6.21. The predicted octanol–water partition coefficient (Wildman–Crippen LogP) is 0.557. The number of nitrogens with zero attached hydrogens (tertiary/aromatic N) is 3. The number of aromatic nitrogens is 4. The number of carbonyl (C=O) groups is 1. The van der Waals surface area contributed by atoms with Crippen molar-refractivity contribution in [2.24, 2.45) is 0 Å². The second-order valence-electron chi connectivity index (χ2n) is 4.45. The van der Waals surface area contributed by atoms with Crippen molar-refractivity contribution in [3.8, 4) is 11.4 Å². The number of carbonyl (C=O) groups excluding carboxylic acids is 1. The Bertz CT molecular complexity index is 561.